The minimum absolute atomic E-state index is 0.401. The van der Waals surface area contributed by atoms with Crippen molar-refractivity contribution >= 4 is 21.6 Å². The van der Waals surface area contributed by atoms with Gasteiger partial charge in [0.1, 0.15) is 0 Å². The molecular weight excluding hydrogens is 300 g/mol. The van der Waals surface area contributed by atoms with E-state index < -0.39 is 0 Å². The van der Waals surface area contributed by atoms with Gasteiger partial charge in [-0.3, -0.25) is 0 Å². The van der Waals surface area contributed by atoms with Crippen LogP contribution in [0.25, 0.3) is 0 Å². The first-order valence-corrected chi connectivity index (χ1v) is 7.84. The molecule has 1 atom stereocenters. The van der Waals surface area contributed by atoms with Crippen LogP contribution >= 0.6 is 15.9 Å². The summed E-state index contributed by atoms with van der Waals surface area (Å²) in [5.41, 5.74) is 4.10. The Morgan fingerprint density at radius 2 is 2.21 bits per heavy atom. The van der Waals surface area contributed by atoms with E-state index in [1.54, 1.807) is 0 Å². The normalized spacial score (nSPS) is 17.3. The smallest absolute Gasteiger partial charge is 0.0513 e. The molecule has 0 radical (unpaired) electrons. The molecule has 2 rings (SSSR count). The standard InChI is InChI=1S/C16H23BrN2/c1-4-18-13(3)14-7-8-16(15(17)10-14)19-9-5-6-12(2)11-19/h6-8,10,13,18H,4-5,9,11H2,1-3H3. The third-order valence-electron chi connectivity index (χ3n) is 3.65. The Kier molecular flexibility index (Phi) is 5.06. The van der Waals surface area contributed by atoms with Crippen molar-refractivity contribution in [1.82, 2.24) is 5.32 Å². The first kappa shape index (κ1) is 14.6. The van der Waals surface area contributed by atoms with E-state index in [9.17, 15) is 0 Å². The van der Waals surface area contributed by atoms with Crippen molar-refractivity contribution in [1.29, 1.82) is 0 Å². The molecule has 2 nitrogen and oxygen atoms in total. The molecule has 104 valence electrons. The molecule has 0 saturated heterocycles. The molecule has 0 fully saturated rings. The van der Waals surface area contributed by atoms with Crippen LogP contribution < -0.4 is 10.2 Å². The third kappa shape index (κ3) is 3.61. The van der Waals surface area contributed by atoms with E-state index in [0.717, 1.165) is 26.1 Å². The SMILES string of the molecule is CCNC(C)c1ccc(N2CCC=C(C)C2)c(Br)c1. The number of anilines is 1. The quantitative estimate of drug-likeness (QED) is 0.832. The largest absolute Gasteiger partial charge is 0.366 e. The molecule has 1 heterocycles. The lowest BCUT2D eigenvalue weighted by atomic mass is 10.1. The molecule has 1 aromatic carbocycles. The van der Waals surface area contributed by atoms with Gasteiger partial charge in [-0.1, -0.05) is 24.6 Å². The van der Waals surface area contributed by atoms with E-state index in [2.05, 4.69) is 71.2 Å². The molecule has 1 aromatic rings. The molecule has 1 aliphatic heterocycles. The summed E-state index contributed by atoms with van der Waals surface area (Å²) >= 11 is 3.73. The molecule has 0 amide bonds. The third-order valence-corrected chi connectivity index (χ3v) is 4.29. The zero-order valence-electron chi connectivity index (χ0n) is 12.0. The van der Waals surface area contributed by atoms with Crippen LogP contribution in [-0.2, 0) is 0 Å². The summed E-state index contributed by atoms with van der Waals surface area (Å²) in [6.45, 7) is 9.71. The van der Waals surface area contributed by atoms with Crippen LogP contribution in [0.15, 0.2) is 34.3 Å². The van der Waals surface area contributed by atoms with Crippen LogP contribution in [0.5, 0.6) is 0 Å². The van der Waals surface area contributed by atoms with Gasteiger partial charge in [-0.05, 0) is 60.4 Å². The average molecular weight is 323 g/mol. The first-order valence-electron chi connectivity index (χ1n) is 7.05. The molecule has 0 saturated carbocycles. The Morgan fingerprint density at radius 1 is 1.42 bits per heavy atom. The van der Waals surface area contributed by atoms with E-state index in [4.69, 9.17) is 0 Å². The topological polar surface area (TPSA) is 15.3 Å². The zero-order valence-corrected chi connectivity index (χ0v) is 13.6. The number of rotatable bonds is 4. The predicted molar refractivity (Wildman–Crippen MR) is 86.8 cm³/mol. The van der Waals surface area contributed by atoms with Crippen LogP contribution in [0.4, 0.5) is 5.69 Å². The van der Waals surface area contributed by atoms with Crippen molar-refractivity contribution in [2.45, 2.75) is 33.2 Å². The maximum absolute atomic E-state index is 3.73. The van der Waals surface area contributed by atoms with E-state index in [0.29, 0.717) is 6.04 Å². The molecule has 1 unspecified atom stereocenters. The van der Waals surface area contributed by atoms with E-state index in [1.807, 2.05) is 0 Å². The predicted octanol–water partition coefficient (Wildman–Crippen LogP) is 4.28. The van der Waals surface area contributed by atoms with Gasteiger partial charge < -0.3 is 10.2 Å². The lowest BCUT2D eigenvalue weighted by Gasteiger charge is -2.29. The number of halogens is 1. The molecule has 19 heavy (non-hydrogen) atoms. The Hall–Kier alpha value is -0.800. The molecule has 1 aliphatic rings. The van der Waals surface area contributed by atoms with Gasteiger partial charge >= 0.3 is 0 Å². The van der Waals surface area contributed by atoms with Gasteiger partial charge in [0, 0.05) is 23.6 Å². The zero-order chi connectivity index (χ0) is 13.8. The van der Waals surface area contributed by atoms with Gasteiger partial charge in [0.15, 0.2) is 0 Å². The van der Waals surface area contributed by atoms with Crippen molar-refractivity contribution < 1.29 is 0 Å². The van der Waals surface area contributed by atoms with Gasteiger partial charge in [-0.15, -0.1) is 0 Å². The van der Waals surface area contributed by atoms with Crippen LogP contribution in [0.3, 0.4) is 0 Å². The summed E-state index contributed by atoms with van der Waals surface area (Å²) in [6.07, 6.45) is 3.49. The van der Waals surface area contributed by atoms with Crippen LogP contribution in [0.1, 0.15) is 38.8 Å². The maximum Gasteiger partial charge on any atom is 0.0513 e. The molecule has 0 aliphatic carbocycles. The Morgan fingerprint density at radius 3 is 2.84 bits per heavy atom. The van der Waals surface area contributed by atoms with Gasteiger partial charge in [-0.2, -0.15) is 0 Å². The number of benzene rings is 1. The highest BCUT2D eigenvalue weighted by Crippen LogP contribution is 2.31. The van der Waals surface area contributed by atoms with E-state index in [1.165, 1.54) is 21.3 Å². The van der Waals surface area contributed by atoms with Crippen molar-refractivity contribution in [3.05, 3.63) is 39.9 Å². The van der Waals surface area contributed by atoms with E-state index in [-0.39, 0.29) is 0 Å². The van der Waals surface area contributed by atoms with Crippen molar-refractivity contribution in [2.24, 2.45) is 0 Å². The second-order valence-electron chi connectivity index (χ2n) is 5.25. The van der Waals surface area contributed by atoms with Crippen molar-refractivity contribution in [3.63, 3.8) is 0 Å². The molecular formula is C16H23BrN2. The van der Waals surface area contributed by atoms with Gasteiger partial charge in [-0.25, -0.2) is 0 Å². The molecule has 0 spiro atoms. The number of nitrogens with one attached hydrogen (secondary N) is 1. The second-order valence-corrected chi connectivity index (χ2v) is 6.11. The maximum atomic E-state index is 3.73. The van der Waals surface area contributed by atoms with Crippen LogP contribution in [0.2, 0.25) is 0 Å². The fourth-order valence-electron chi connectivity index (χ4n) is 2.59. The summed E-state index contributed by atoms with van der Waals surface area (Å²) in [4.78, 5) is 2.45. The molecule has 3 heteroatoms. The second kappa shape index (κ2) is 6.58. The number of hydrogen-bond acceptors (Lipinski definition) is 2. The fourth-order valence-corrected chi connectivity index (χ4v) is 3.24. The average Bonchev–Trinajstić information content (AvgIpc) is 2.38. The number of hydrogen-bond donors (Lipinski definition) is 1. The fraction of sp³-hybridized carbons (Fsp3) is 0.500. The van der Waals surface area contributed by atoms with Gasteiger partial charge in [0.05, 0.1) is 5.69 Å². The highest BCUT2D eigenvalue weighted by molar-refractivity contribution is 9.10. The lowest BCUT2D eigenvalue weighted by Crippen LogP contribution is -2.29. The minimum atomic E-state index is 0.401. The van der Waals surface area contributed by atoms with Crippen LogP contribution in [-0.4, -0.2) is 19.6 Å². The summed E-state index contributed by atoms with van der Waals surface area (Å²) in [5, 5.41) is 3.45. The Bertz CT molecular complexity index is 468. The Balaban J connectivity index is 2.17. The Labute approximate surface area is 125 Å². The monoisotopic (exact) mass is 322 g/mol. The van der Waals surface area contributed by atoms with Crippen molar-refractivity contribution in [3.8, 4) is 0 Å². The van der Waals surface area contributed by atoms with Gasteiger partial charge in [0.25, 0.3) is 0 Å². The van der Waals surface area contributed by atoms with Crippen LogP contribution in [0, 0.1) is 0 Å². The van der Waals surface area contributed by atoms with Gasteiger partial charge in [0.2, 0.25) is 0 Å². The molecule has 0 aromatic heterocycles. The summed E-state index contributed by atoms with van der Waals surface area (Å²) in [5.74, 6) is 0. The number of nitrogens with zero attached hydrogens (tertiary/aromatic N) is 1. The summed E-state index contributed by atoms with van der Waals surface area (Å²) in [6, 6.07) is 7.13. The summed E-state index contributed by atoms with van der Waals surface area (Å²) in [7, 11) is 0. The van der Waals surface area contributed by atoms with Crippen molar-refractivity contribution in [2.75, 3.05) is 24.5 Å². The lowest BCUT2D eigenvalue weighted by molar-refractivity contribution is 0.598. The van der Waals surface area contributed by atoms with E-state index >= 15 is 0 Å². The minimum Gasteiger partial charge on any atom is -0.366 e. The first-order chi connectivity index (χ1) is 9.11. The molecule has 1 N–H and O–H groups in total. The highest BCUT2D eigenvalue weighted by Gasteiger charge is 2.14. The highest BCUT2D eigenvalue weighted by atomic mass is 79.9. The summed E-state index contributed by atoms with van der Waals surface area (Å²) < 4.78 is 1.20. The molecule has 0 bridgehead atoms.